The Balaban J connectivity index is 1.88. The van der Waals surface area contributed by atoms with Gasteiger partial charge in [-0.25, -0.2) is 0 Å². The van der Waals surface area contributed by atoms with E-state index in [0.29, 0.717) is 5.92 Å². The first-order valence-electron chi connectivity index (χ1n) is 6.27. The Kier molecular flexibility index (Phi) is 3.33. The predicted octanol–water partition coefficient (Wildman–Crippen LogP) is 2.29. The molecule has 1 aromatic heterocycles. The fraction of sp³-hybridized carbons (Fsp3) is 0.769. The highest BCUT2D eigenvalue weighted by Crippen LogP contribution is 2.35. The van der Waals surface area contributed by atoms with Gasteiger partial charge in [0.05, 0.1) is 11.8 Å². The summed E-state index contributed by atoms with van der Waals surface area (Å²) < 4.78 is 1.82. The van der Waals surface area contributed by atoms with E-state index >= 15 is 0 Å². The predicted molar refractivity (Wildman–Crippen MR) is 64.1 cm³/mol. The van der Waals surface area contributed by atoms with Gasteiger partial charge in [-0.2, -0.15) is 5.10 Å². The van der Waals surface area contributed by atoms with Gasteiger partial charge in [-0.15, -0.1) is 0 Å². The van der Waals surface area contributed by atoms with Gasteiger partial charge in [0, 0.05) is 13.2 Å². The highest BCUT2D eigenvalue weighted by atomic mass is 16.3. The number of aliphatic hydroxyl groups is 1. The number of aryl methyl sites for hydroxylation is 2. The van der Waals surface area contributed by atoms with E-state index in [0.717, 1.165) is 25.7 Å². The van der Waals surface area contributed by atoms with Crippen LogP contribution in [0, 0.1) is 5.92 Å². The second-order valence-electron chi connectivity index (χ2n) is 5.45. The summed E-state index contributed by atoms with van der Waals surface area (Å²) in [5.41, 5.74) is 0.808. The molecule has 0 aliphatic heterocycles. The summed E-state index contributed by atoms with van der Waals surface area (Å²) in [7, 11) is 1.93. The summed E-state index contributed by atoms with van der Waals surface area (Å²) in [6, 6.07) is 0. The fourth-order valence-electron chi connectivity index (χ4n) is 2.84. The van der Waals surface area contributed by atoms with E-state index in [1.807, 2.05) is 24.1 Å². The standard InChI is InChI=1S/C13H22N2O/c1-11-4-3-6-13(16,8-11)7-5-12-9-14-15(2)10-12/h9-11,16H,3-8H2,1-2H3. The normalized spacial score (nSPS) is 30.6. The van der Waals surface area contributed by atoms with Crippen molar-refractivity contribution < 1.29 is 5.11 Å². The van der Waals surface area contributed by atoms with Crippen LogP contribution in [0.5, 0.6) is 0 Å². The summed E-state index contributed by atoms with van der Waals surface area (Å²) >= 11 is 0. The van der Waals surface area contributed by atoms with E-state index in [-0.39, 0.29) is 0 Å². The Hall–Kier alpha value is -0.830. The van der Waals surface area contributed by atoms with Gasteiger partial charge in [0.15, 0.2) is 0 Å². The SMILES string of the molecule is CC1CCCC(O)(CCc2cnn(C)c2)C1. The molecule has 1 fully saturated rings. The number of hydrogen-bond donors (Lipinski definition) is 1. The topological polar surface area (TPSA) is 38.1 Å². The minimum absolute atomic E-state index is 0.423. The van der Waals surface area contributed by atoms with Crippen molar-refractivity contribution in [3.63, 3.8) is 0 Å². The Morgan fingerprint density at radius 1 is 1.62 bits per heavy atom. The third-order valence-corrected chi connectivity index (χ3v) is 3.70. The van der Waals surface area contributed by atoms with E-state index in [9.17, 15) is 5.11 Å². The van der Waals surface area contributed by atoms with Gasteiger partial charge in [-0.05, 0) is 37.2 Å². The second-order valence-corrected chi connectivity index (χ2v) is 5.45. The van der Waals surface area contributed by atoms with E-state index < -0.39 is 5.60 Å². The molecule has 0 radical (unpaired) electrons. The molecule has 1 aliphatic carbocycles. The minimum atomic E-state index is -0.423. The third kappa shape index (κ3) is 2.85. The first kappa shape index (κ1) is 11.6. The molecule has 1 saturated carbocycles. The van der Waals surface area contributed by atoms with Gasteiger partial charge in [0.25, 0.3) is 0 Å². The van der Waals surface area contributed by atoms with Gasteiger partial charge in [0.2, 0.25) is 0 Å². The fourth-order valence-corrected chi connectivity index (χ4v) is 2.84. The van der Waals surface area contributed by atoms with Gasteiger partial charge in [-0.3, -0.25) is 4.68 Å². The second kappa shape index (κ2) is 4.58. The molecule has 0 amide bonds. The van der Waals surface area contributed by atoms with Gasteiger partial charge < -0.3 is 5.11 Å². The maximum Gasteiger partial charge on any atom is 0.0653 e. The molecule has 2 rings (SSSR count). The van der Waals surface area contributed by atoms with Crippen LogP contribution in [0.15, 0.2) is 12.4 Å². The lowest BCUT2D eigenvalue weighted by atomic mass is 9.76. The van der Waals surface area contributed by atoms with Crippen molar-refractivity contribution in [3.8, 4) is 0 Å². The van der Waals surface area contributed by atoms with Crippen molar-refractivity contribution in [1.82, 2.24) is 9.78 Å². The van der Waals surface area contributed by atoms with E-state index in [2.05, 4.69) is 12.0 Å². The lowest BCUT2D eigenvalue weighted by molar-refractivity contribution is -0.0197. The van der Waals surface area contributed by atoms with Crippen LogP contribution in [0.3, 0.4) is 0 Å². The van der Waals surface area contributed by atoms with Crippen molar-refractivity contribution >= 4 is 0 Å². The van der Waals surface area contributed by atoms with Gasteiger partial charge in [0.1, 0.15) is 0 Å². The molecule has 1 heterocycles. The van der Waals surface area contributed by atoms with Gasteiger partial charge in [-0.1, -0.05) is 19.8 Å². The molecule has 90 valence electrons. The zero-order chi connectivity index (χ0) is 11.6. The van der Waals surface area contributed by atoms with Crippen LogP contribution in [0.25, 0.3) is 0 Å². The quantitative estimate of drug-likeness (QED) is 0.852. The summed E-state index contributed by atoms with van der Waals surface area (Å²) in [6.07, 6.45) is 10.1. The molecule has 2 unspecified atom stereocenters. The summed E-state index contributed by atoms with van der Waals surface area (Å²) in [5, 5.41) is 14.6. The van der Waals surface area contributed by atoms with Crippen molar-refractivity contribution in [2.45, 2.75) is 51.0 Å². The molecule has 16 heavy (non-hydrogen) atoms. The Morgan fingerprint density at radius 2 is 2.44 bits per heavy atom. The molecule has 0 bridgehead atoms. The molecule has 3 heteroatoms. The van der Waals surface area contributed by atoms with Gasteiger partial charge >= 0.3 is 0 Å². The van der Waals surface area contributed by atoms with Crippen LogP contribution in [0.4, 0.5) is 0 Å². The maximum absolute atomic E-state index is 10.5. The first-order valence-corrected chi connectivity index (χ1v) is 6.27. The molecular weight excluding hydrogens is 200 g/mol. The van der Waals surface area contributed by atoms with Crippen LogP contribution in [0.1, 0.15) is 44.6 Å². The van der Waals surface area contributed by atoms with Crippen LogP contribution in [-0.4, -0.2) is 20.5 Å². The number of rotatable bonds is 3. The smallest absolute Gasteiger partial charge is 0.0653 e. The van der Waals surface area contributed by atoms with E-state index in [1.54, 1.807) is 0 Å². The van der Waals surface area contributed by atoms with E-state index in [4.69, 9.17) is 0 Å². The van der Waals surface area contributed by atoms with Crippen LogP contribution >= 0.6 is 0 Å². The number of hydrogen-bond acceptors (Lipinski definition) is 2. The van der Waals surface area contributed by atoms with Crippen molar-refractivity contribution in [3.05, 3.63) is 18.0 Å². The molecule has 2 atom stereocenters. The van der Waals surface area contributed by atoms with Crippen molar-refractivity contribution in [2.75, 3.05) is 0 Å². The Bertz CT molecular complexity index is 347. The average Bonchev–Trinajstić information content (AvgIpc) is 2.61. The van der Waals surface area contributed by atoms with Crippen LogP contribution in [0.2, 0.25) is 0 Å². The zero-order valence-corrected chi connectivity index (χ0v) is 10.3. The molecule has 0 saturated heterocycles. The highest BCUT2D eigenvalue weighted by Gasteiger charge is 2.32. The lowest BCUT2D eigenvalue weighted by Gasteiger charge is -2.35. The lowest BCUT2D eigenvalue weighted by Crippen LogP contribution is -2.34. The molecule has 1 N–H and O–H groups in total. The summed E-state index contributed by atoms with van der Waals surface area (Å²) in [4.78, 5) is 0. The minimum Gasteiger partial charge on any atom is -0.390 e. The first-order chi connectivity index (χ1) is 7.57. The molecule has 1 aromatic rings. The monoisotopic (exact) mass is 222 g/mol. The largest absolute Gasteiger partial charge is 0.390 e. The number of nitrogens with zero attached hydrogens (tertiary/aromatic N) is 2. The average molecular weight is 222 g/mol. The third-order valence-electron chi connectivity index (χ3n) is 3.70. The molecular formula is C13H22N2O. The summed E-state index contributed by atoms with van der Waals surface area (Å²) in [6.45, 7) is 2.24. The molecule has 1 aliphatic rings. The molecule has 0 spiro atoms. The maximum atomic E-state index is 10.5. The van der Waals surface area contributed by atoms with Crippen LogP contribution in [-0.2, 0) is 13.5 Å². The Labute approximate surface area is 97.5 Å². The Morgan fingerprint density at radius 3 is 3.06 bits per heavy atom. The molecule has 0 aromatic carbocycles. The van der Waals surface area contributed by atoms with Crippen LogP contribution < -0.4 is 0 Å². The van der Waals surface area contributed by atoms with E-state index in [1.165, 1.54) is 18.4 Å². The number of aromatic nitrogens is 2. The molecule has 3 nitrogen and oxygen atoms in total. The van der Waals surface area contributed by atoms with Crippen molar-refractivity contribution in [1.29, 1.82) is 0 Å². The summed E-state index contributed by atoms with van der Waals surface area (Å²) in [5.74, 6) is 0.674. The zero-order valence-electron chi connectivity index (χ0n) is 10.3. The highest BCUT2D eigenvalue weighted by molar-refractivity contribution is 5.05. The van der Waals surface area contributed by atoms with Crippen molar-refractivity contribution in [2.24, 2.45) is 13.0 Å².